The van der Waals surface area contributed by atoms with Crippen LogP contribution in [0.5, 0.6) is 0 Å². The van der Waals surface area contributed by atoms with Crippen LogP contribution in [0.3, 0.4) is 0 Å². The highest BCUT2D eigenvalue weighted by Crippen LogP contribution is 2.36. The third-order valence-corrected chi connectivity index (χ3v) is 5.47. The molecule has 0 spiro atoms. The number of anilines is 1. The number of nitrogens with two attached hydrogens (primary N) is 1. The van der Waals surface area contributed by atoms with Crippen molar-refractivity contribution in [3.05, 3.63) is 24.5 Å². The van der Waals surface area contributed by atoms with Crippen molar-refractivity contribution in [3.8, 4) is 0 Å². The summed E-state index contributed by atoms with van der Waals surface area (Å²) < 4.78 is 2.25. The first kappa shape index (κ1) is 14.1. The van der Waals surface area contributed by atoms with Crippen LogP contribution in [0.1, 0.15) is 51.1 Å². The summed E-state index contributed by atoms with van der Waals surface area (Å²) in [6, 6.07) is 4.24. The summed E-state index contributed by atoms with van der Waals surface area (Å²) >= 11 is 0. The van der Waals surface area contributed by atoms with Gasteiger partial charge >= 0.3 is 0 Å². The molecule has 2 aromatic rings. The van der Waals surface area contributed by atoms with Crippen LogP contribution in [-0.4, -0.2) is 22.6 Å². The van der Waals surface area contributed by atoms with E-state index in [0.717, 1.165) is 18.7 Å². The molecule has 0 amide bonds. The molecule has 1 aliphatic carbocycles. The van der Waals surface area contributed by atoms with E-state index in [1.807, 2.05) is 12.3 Å². The van der Waals surface area contributed by atoms with Crippen molar-refractivity contribution in [2.45, 2.75) is 51.1 Å². The second-order valence-electron chi connectivity index (χ2n) is 6.88. The summed E-state index contributed by atoms with van der Waals surface area (Å²) in [6.45, 7) is 2.32. The molecule has 22 heavy (non-hydrogen) atoms. The number of aromatic nitrogens is 2. The topological polar surface area (TPSA) is 47.1 Å². The number of rotatable bonds is 3. The molecule has 0 radical (unpaired) electrons. The Morgan fingerprint density at radius 1 is 1.09 bits per heavy atom. The molecule has 1 aliphatic heterocycles. The number of hydrogen-bond acceptors (Lipinski definition) is 3. The highest BCUT2D eigenvalue weighted by molar-refractivity contribution is 5.91. The lowest BCUT2D eigenvalue weighted by atomic mass is 10.1. The van der Waals surface area contributed by atoms with E-state index < -0.39 is 0 Å². The van der Waals surface area contributed by atoms with Crippen LogP contribution < -0.4 is 10.6 Å². The van der Waals surface area contributed by atoms with Gasteiger partial charge in [-0.25, -0.2) is 4.98 Å². The van der Waals surface area contributed by atoms with Gasteiger partial charge in [-0.1, -0.05) is 12.8 Å². The fraction of sp³-hybridized carbons (Fsp3) is 0.611. The summed E-state index contributed by atoms with van der Waals surface area (Å²) in [5.74, 6) is 0.604. The first-order valence-corrected chi connectivity index (χ1v) is 8.81. The standard InChI is InChI=1S/C18H26N4/c19-17(14-7-2-3-8-14)22-13-16(21-11-4-1-5-12-21)15-9-6-10-20-18(15)22/h6,9-10,13-14,17H,1-5,7-8,11-12,19H2. The second kappa shape index (κ2) is 5.92. The minimum absolute atomic E-state index is 0.0680. The van der Waals surface area contributed by atoms with Gasteiger partial charge in [0.2, 0.25) is 0 Å². The van der Waals surface area contributed by atoms with Gasteiger partial charge in [-0.05, 0) is 50.2 Å². The van der Waals surface area contributed by atoms with Crippen molar-refractivity contribution >= 4 is 16.7 Å². The fourth-order valence-electron chi connectivity index (χ4n) is 4.21. The Morgan fingerprint density at radius 3 is 2.64 bits per heavy atom. The third kappa shape index (κ3) is 2.39. The van der Waals surface area contributed by atoms with Gasteiger partial charge < -0.3 is 15.2 Å². The number of hydrogen-bond donors (Lipinski definition) is 1. The smallest absolute Gasteiger partial charge is 0.143 e. The molecule has 2 N–H and O–H groups in total. The van der Waals surface area contributed by atoms with E-state index >= 15 is 0 Å². The number of nitrogens with zero attached hydrogens (tertiary/aromatic N) is 3. The van der Waals surface area contributed by atoms with E-state index in [9.17, 15) is 0 Å². The highest BCUT2D eigenvalue weighted by Gasteiger charge is 2.26. The van der Waals surface area contributed by atoms with Gasteiger partial charge in [0.15, 0.2) is 0 Å². The summed E-state index contributed by atoms with van der Waals surface area (Å²) in [6.07, 6.45) is 13.3. The molecule has 2 aromatic heterocycles. The molecule has 3 heterocycles. The average Bonchev–Trinajstić information content (AvgIpc) is 3.23. The van der Waals surface area contributed by atoms with E-state index in [0.29, 0.717) is 5.92 Å². The molecule has 1 saturated carbocycles. The second-order valence-corrected chi connectivity index (χ2v) is 6.88. The molecule has 1 saturated heterocycles. The van der Waals surface area contributed by atoms with Crippen LogP contribution in [-0.2, 0) is 0 Å². The largest absolute Gasteiger partial charge is 0.370 e. The fourth-order valence-corrected chi connectivity index (χ4v) is 4.21. The van der Waals surface area contributed by atoms with Crippen LogP contribution in [0, 0.1) is 5.92 Å². The van der Waals surface area contributed by atoms with Gasteiger partial charge in [-0.15, -0.1) is 0 Å². The SMILES string of the molecule is NC(C1CCCC1)n1cc(N2CCCCC2)c2cccnc21. The molecule has 4 nitrogen and oxygen atoms in total. The maximum Gasteiger partial charge on any atom is 0.143 e. The number of fused-ring (bicyclic) bond motifs is 1. The zero-order chi connectivity index (χ0) is 14.9. The predicted octanol–water partition coefficient (Wildman–Crippen LogP) is 3.67. The Hall–Kier alpha value is -1.55. The van der Waals surface area contributed by atoms with Crippen molar-refractivity contribution < 1.29 is 0 Å². The van der Waals surface area contributed by atoms with Gasteiger partial charge in [0.05, 0.1) is 11.9 Å². The zero-order valence-corrected chi connectivity index (χ0v) is 13.2. The molecule has 1 atom stereocenters. The molecular formula is C18H26N4. The first-order chi connectivity index (χ1) is 10.8. The molecule has 4 rings (SSSR count). The first-order valence-electron chi connectivity index (χ1n) is 8.81. The predicted molar refractivity (Wildman–Crippen MR) is 91.0 cm³/mol. The third-order valence-electron chi connectivity index (χ3n) is 5.47. The normalized spacial score (nSPS) is 21.6. The number of pyridine rings is 1. The number of piperidine rings is 1. The quantitative estimate of drug-likeness (QED) is 0.940. The van der Waals surface area contributed by atoms with Crippen molar-refractivity contribution in [2.24, 2.45) is 11.7 Å². The lowest BCUT2D eigenvalue weighted by Gasteiger charge is -2.28. The maximum atomic E-state index is 6.61. The van der Waals surface area contributed by atoms with Crippen molar-refractivity contribution in [1.82, 2.24) is 9.55 Å². The molecular weight excluding hydrogens is 272 g/mol. The van der Waals surface area contributed by atoms with Crippen molar-refractivity contribution in [3.63, 3.8) is 0 Å². The molecule has 0 bridgehead atoms. The maximum absolute atomic E-state index is 6.61. The Balaban J connectivity index is 1.74. The Morgan fingerprint density at radius 2 is 1.86 bits per heavy atom. The lowest BCUT2D eigenvalue weighted by molar-refractivity contribution is 0.351. The minimum Gasteiger partial charge on any atom is -0.370 e. The Labute approximate surface area is 132 Å². The van der Waals surface area contributed by atoms with E-state index in [4.69, 9.17) is 5.73 Å². The van der Waals surface area contributed by atoms with Gasteiger partial charge in [0.1, 0.15) is 5.65 Å². The van der Waals surface area contributed by atoms with Gasteiger partial charge in [0, 0.05) is 30.9 Å². The van der Waals surface area contributed by atoms with Crippen LogP contribution in [0.4, 0.5) is 5.69 Å². The van der Waals surface area contributed by atoms with Gasteiger partial charge in [-0.3, -0.25) is 0 Å². The molecule has 118 valence electrons. The molecule has 2 fully saturated rings. The Bertz CT molecular complexity index is 636. The summed E-state index contributed by atoms with van der Waals surface area (Å²) in [5, 5.41) is 1.26. The molecule has 0 aromatic carbocycles. The van der Waals surface area contributed by atoms with Crippen LogP contribution >= 0.6 is 0 Å². The van der Waals surface area contributed by atoms with Crippen molar-refractivity contribution in [1.29, 1.82) is 0 Å². The minimum atomic E-state index is 0.0680. The van der Waals surface area contributed by atoms with E-state index in [1.165, 1.54) is 56.0 Å². The van der Waals surface area contributed by atoms with Gasteiger partial charge in [-0.2, -0.15) is 0 Å². The zero-order valence-electron chi connectivity index (χ0n) is 13.2. The molecule has 4 heteroatoms. The summed E-state index contributed by atoms with van der Waals surface area (Å²) in [7, 11) is 0. The summed E-state index contributed by atoms with van der Waals surface area (Å²) in [4.78, 5) is 7.16. The molecule has 1 unspecified atom stereocenters. The monoisotopic (exact) mass is 298 g/mol. The highest BCUT2D eigenvalue weighted by atomic mass is 15.2. The molecule has 2 aliphatic rings. The Kier molecular flexibility index (Phi) is 3.78. The van der Waals surface area contributed by atoms with Crippen LogP contribution in [0.2, 0.25) is 0 Å². The van der Waals surface area contributed by atoms with E-state index in [1.54, 1.807) is 0 Å². The average molecular weight is 298 g/mol. The van der Waals surface area contributed by atoms with Crippen LogP contribution in [0.25, 0.3) is 11.0 Å². The van der Waals surface area contributed by atoms with Crippen LogP contribution in [0.15, 0.2) is 24.5 Å². The van der Waals surface area contributed by atoms with E-state index in [2.05, 4.69) is 26.7 Å². The van der Waals surface area contributed by atoms with Gasteiger partial charge in [0.25, 0.3) is 0 Å². The summed E-state index contributed by atoms with van der Waals surface area (Å²) in [5.41, 5.74) is 9.00. The van der Waals surface area contributed by atoms with E-state index in [-0.39, 0.29) is 6.17 Å². The van der Waals surface area contributed by atoms with Crippen molar-refractivity contribution in [2.75, 3.05) is 18.0 Å². The lowest BCUT2D eigenvalue weighted by Crippen LogP contribution is -2.29.